The van der Waals surface area contributed by atoms with Gasteiger partial charge in [0.1, 0.15) is 6.54 Å². The van der Waals surface area contributed by atoms with E-state index in [-0.39, 0.29) is 23.6 Å². The largest absolute Gasteiger partial charge is 0.463 e. The van der Waals surface area contributed by atoms with Gasteiger partial charge in [-0.1, -0.05) is 18.2 Å². The summed E-state index contributed by atoms with van der Waals surface area (Å²) >= 11 is 0. The number of esters is 1. The van der Waals surface area contributed by atoms with Gasteiger partial charge in [0.15, 0.2) is 0 Å². The van der Waals surface area contributed by atoms with Gasteiger partial charge in [-0.3, -0.25) is 9.69 Å². The Labute approximate surface area is 205 Å². The van der Waals surface area contributed by atoms with Crippen molar-refractivity contribution in [2.24, 2.45) is 0 Å². The van der Waals surface area contributed by atoms with Crippen LogP contribution in [-0.4, -0.2) is 43.0 Å². The number of nitrogens with one attached hydrogen (secondary N) is 1. The Balaban J connectivity index is 2.28. The van der Waals surface area contributed by atoms with E-state index in [9.17, 15) is 27.6 Å². The summed E-state index contributed by atoms with van der Waals surface area (Å²) in [4.78, 5) is 41.3. The first-order valence-corrected chi connectivity index (χ1v) is 10.9. The number of nitrogens with zero attached hydrogens (tertiary/aromatic N) is 3. The molecule has 2 aromatic carbocycles. The van der Waals surface area contributed by atoms with Crippen LogP contribution in [0.4, 0.5) is 23.7 Å². The highest BCUT2D eigenvalue weighted by molar-refractivity contribution is 6.04. The van der Waals surface area contributed by atoms with Gasteiger partial charge >= 0.3 is 18.2 Å². The summed E-state index contributed by atoms with van der Waals surface area (Å²) in [6.07, 6.45) is -4.66. The number of alkyl halides is 3. The lowest BCUT2D eigenvalue weighted by atomic mass is 9.92. The summed E-state index contributed by atoms with van der Waals surface area (Å²) in [6.45, 7) is 2.53. The molecule has 3 amide bonds. The monoisotopic (exact) mass is 500 g/mol. The van der Waals surface area contributed by atoms with E-state index in [1.165, 1.54) is 32.2 Å². The average molecular weight is 500 g/mol. The van der Waals surface area contributed by atoms with Gasteiger partial charge in [-0.15, -0.1) is 0 Å². The Morgan fingerprint density at radius 2 is 1.83 bits per heavy atom. The van der Waals surface area contributed by atoms with Gasteiger partial charge in [0.25, 0.3) is 0 Å². The van der Waals surface area contributed by atoms with Crippen LogP contribution in [0, 0.1) is 11.3 Å². The van der Waals surface area contributed by atoms with Crippen molar-refractivity contribution in [2.45, 2.75) is 26.1 Å². The van der Waals surface area contributed by atoms with E-state index in [2.05, 4.69) is 5.32 Å². The quantitative estimate of drug-likeness (QED) is 0.601. The molecule has 1 heterocycles. The van der Waals surface area contributed by atoms with Crippen molar-refractivity contribution in [1.29, 1.82) is 5.26 Å². The molecule has 1 atom stereocenters. The number of benzene rings is 2. The second-order valence-electron chi connectivity index (χ2n) is 7.82. The van der Waals surface area contributed by atoms with E-state index < -0.39 is 42.2 Å². The maximum Gasteiger partial charge on any atom is 0.416 e. The van der Waals surface area contributed by atoms with Crippen LogP contribution >= 0.6 is 0 Å². The Morgan fingerprint density at radius 3 is 2.39 bits per heavy atom. The number of halogens is 3. The highest BCUT2D eigenvalue weighted by Crippen LogP contribution is 2.41. The lowest BCUT2D eigenvalue weighted by molar-refractivity contribution is -0.140. The molecule has 0 aromatic heterocycles. The van der Waals surface area contributed by atoms with Gasteiger partial charge in [-0.05, 0) is 49.7 Å². The molecule has 1 N–H and O–H groups in total. The van der Waals surface area contributed by atoms with Crippen LogP contribution in [0.2, 0.25) is 0 Å². The van der Waals surface area contributed by atoms with E-state index in [4.69, 9.17) is 10.00 Å². The minimum absolute atomic E-state index is 0.00263. The number of carbonyl (C=O) groups is 3. The molecule has 0 bridgehead atoms. The third kappa shape index (κ3) is 5.17. The zero-order valence-corrected chi connectivity index (χ0v) is 19.7. The van der Waals surface area contributed by atoms with Crippen LogP contribution < -0.4 is 10.2 Å². The van der Waals surface area contributed by atoms with Crippen molar-refractivity contribution in [3.8, 4) is 6.07 Å². The smallest absolute Gasteiger partial charge is 0.416 e. The lowest BCUT2D eigenvalue weighted by Gasteiger charge is -2.42. The van der Waals surface area contributed by atoms with Crippen molar-refractivity contribution in [3.05, 3.63) is 76.5 Å². The second kappa shape index (κ2) is 10.5. The van der Waals surface area contributed by atoms with Crippen LogP contribution in [0.5, 0.6) is 0 Å². The van der Waals surface area contributed by atoms with E-state index >= 15 is 0 Å². The zero-order valence-electron chi connectivity index (χ0n) is 19.7. The number of anilines is 1. The van der Waals surface area contributed by atoms with Crippen LogP contribution in [-0.2, 0) is 20.5 Å². The number of hydrogen-bond donors (Lipinski definition) is 1. The van der Waals surface area contributed by atoms with Crippen molar-refractivity contribution in [3.63, 3.8) is 0 Å². The second-order valence-corrected chi connectivity index (χ2v) is 7.82. The fourth-order valence-electron chi connectivity index (χ4n) is 3.93. The fraction of sp³-hybridized carbons (Fsp3) is 0.280. The summed E-state index contributed by atoms with van der Waals surface area (Å²) in [6, 6.07) is 10.3. The van der Waals surface area contributed by atoms with Gasteiger partial charge in [0, 0.05) is 12.7 Å². The van der Waals surface area contributed by atoms with Crippen LogP contribution in [0.25, 0.3) is 0 Å². The van der Waals surface area contributed by atoms with E-state index in [0.717, 1.165) is 28.0 Å². The predicted octanol–water partition coefficient (Wildman–Crippen LogP) is 4.14. The number of hydrogen-bond acceptors (Lipinski definition) is 5. The number of carbonyl (C=O) groups excluding carboxylic acids is 3. The van der Waals surface area contributed by atoms with Crippen LogP contribution in [0.3, 0.4) is 0 Å². The third-order valence-electron chi connectivity index (χ3n) is 5.62. The molecule has 36 heavy (non-hydrogen) atoms. The number of likely N-dealkylation sites (N-methyl/N-ethyl adjacent to an activating group) is 1. The Hall–Kier alpha value is -4.33. The molecule has 8 nitrogen and oxygen atoms in total. The molecule has 1 aliphatic heterocycles. The van der Waals surface area contributed by atoms with Gasteiger partial charge < -0.3 is 15.0 Å². The first kappa shape index (κ1) is 26.3. The number of nitriles is 1. The minimum atomic E-state index is -4.66. The first-order valence-electron chi connectivity index (χ1n) is 10.9. The topological polar surface area (TPSA) is 103 Å². The molecule has 0 aliphatic carbocycles. The Kier molecular flexibility index (Phi) is 7.68. The van der Waals surface area contributed by atoms with Crippen molar-refractivity contribution < 1.29 is 32.3 Å². The molecule has 1 aliphatic rings. The third-order valence-corrected chi connectivity index (χ3v) is 5.62. The molecule has 1 unspecified atom stereocenters. The van der Waals surface area contributed by atoms with Gasteiger partial charge in [-0.25, -0.2) is 9.59 Å². The molecule has 3 rings (SSSR count). The number of urea groups is 1. The maximum absolute atomic E-state index is 13.7. The molecule has 2 aromatic rings. The maximum atomic E-state index is 13.7. The first-order chi connectivity index (χ1) is 17.0. The summed E-state index contributed by atoms with van der Waals surface area (Å²) in [5.41, 5.74) is -0.331. The zero-order chi connectivity index (χ0) is 26.6. The highest BCUT2D eigenvalue weighted by Gasteiger charge is 2.44. The number of amides is 3. The van der Waals surface area contributed by atoms with Gasteiger partial charge in [0.05, 0.1) is 41.1 Å². The van der Waals surface area contributed by atoms with Crippen LogP contribution in [0.15, 0.2) is 59.8 Å². The minimum Gasteiger partial charge on any atom is -0.463 e. The standard InChI is InChI=1S/C25H23F3N4O4/c1-4-36-23(34)21-15(2)32(19-7-5-6-18(12-19)25(26,27)28)24(35)31(14-20(33)30-3)22(21)17-10-8-16(13-29)9-11-17/h5-12,22H,4,14H2,1-3H3,(H,30,33). The van der Waals surface area contributed by atoms with E-state index in [1.807, 2.05) is 6.07 Å². The number of ether oxygens (including phenoxy) is 1. The van der Waals surface area contributed by atoms with Gasteiger partial charge in [-0.2, -0.15) is 18.4 Å². The molecule has 0 saturated heterocycles. The van der Waals surface area contributed by atoms with Crippen molar-refractivity contribution in [2.75, 3.05) is 25.1 Å². The number of allylic oxidation sites excluding steroid dienone is 1. The molecule has 0 spiro atoms. The normalized spacial score (nSPS) is 16.0. The predicted molar refractivity (Wildman–Crippen MR) is 123 cm³/mol. The van der Waals surface area contributed by atoms with Crippen LogP contribution in [0.1, 0.15) is 36.6 Å². The SMILES string of the molecule is CCOC(=O)C1=C(C)N(c2cccc(C(F)(F)F)c2)C(=O)N(CC(=O)NC)C1c1ccc(C#N)cc1. The molecule has 188 valence electrons. The molecular formula is C25H23F3N4O4. The molecule has 0 radical (unpaired) electrons. The molecule has 0 saturated carbocycles. The summed E-state index contributed by atoms with van der Waals surface area (Å²) < 4.78 is 45.4. The molecular weight excluding hydrogens is 477 g/mol. The molecule has 0 fully saturated rings. The van der Waals surface area contributed by atoms with Crippen molar-refractivity contribution >= 4 is 23.6 Å². The highest BCUT2D eigenvalue weighted by atomic mass is 19.4. The average Bonchev–Trinajstić information content (AvgIpc) is 2.85. The molecule has 11 heteroatoms. The summed E-state index contributed by atoms with van der Waals surface area (Å²) in [5.74, 6) is -1.36. The Bertz CT molecular complexity index is 1250. The summed E-state index contributed by atoms with van der Waals surface area (Å²) in [5, 5.41) is 11.6. The number of rotatable bonds is 6. The van der Waals surface area contributed by atoms with Crippen molar-refractivity contribution in [1.82, 2.24) is 10.2 Å². The van der Waals surface area contributed by atoms with E-state index in [0.29, 0.717) is 11.1 Å². The summed E-state index contributed by atoms with van der Waals surface area (Å²) in [7, 11) is 1.37. The fourth-order valence-corrected chi connectivity index (χ4v) is 3.93. The lowest BCUT2D eigenvalue weighted by Crippen LogP contribution is -2.53. The Morgan fingerprint density at radius 1 is 1.17 bits per heavy atom. The van der Waals surface area contributed by atoms with Gasteiger partial charge in [0.2, 0.25) is 5.91 Å². The van der Waals surface area contributed by atoms with E-state index in [1.54, 1.807) is 19.1 Å².